The van der Waals surface area contributed by atoms with Crippen LogP contribution in [0.2, 0.25) is 0 Å². The van der Waals surface area contributed by atoms with Crippen molar-refractivity contribution >= 4 is 0 Å². The molecule has 1 unspecified atom stereocenters. The number of hydrogen-bond acceptors (Lipinski definition) is 4. The van der Waals surface area contributed by atoms with Crippen LogP contribution in [0.3, 0.4) is 0 Å². The highest BCUT2D eigenvalue weighted by atomic mass is 15.3. The maximum absolute atomic E-state index is 9.91. The normalized spacial score (nSPS) is 28.4. The van der Waals surface area contributed by atoms with Gasteiger partial charge in [-0.15, -0.1) is 0 Å². The molecule has 0 N–H and O–H groups in total. The summed E-state index contributed by atoms with van der Waals surface area (Å²) < 4.78 is 0. The Hall–Kier alpha value is -1.41. The summed E-state index contributed by atoms with van der Waals surface area (Å²) in [4.78, 5) is 7.25. The van der Waals surface area contributed by atoms with E-state index in [2.05, 4.69) is 58.1 Å². The summed E-state index contributed by atoms with van der Waals surface area (Å²) in [6.07, 6.45) is 2.13. The third-order valence-corrected chi connectivity index (χ3v) is 5.12. The first-order chi connectivity index (χ1) is 10.7. The van der Waals surface area contributed by atoms with Crippen molar-refractivity contribution in [3.05, 3.63) is 35.9 Å². The summed E-state index contributed by atoms with van der Waals surface area (Å²) in [6, 6.07) is 13.3. The van der Waals surface area contributed by atoms with Crippen molar-refractivity contribution in [2.45, 2.75) is 24.9 Å². The molecule has 1 atom stereocenters. The molecule has 0 spiro atoms. The highest BCUT2D eigenvalue weighted by molar-refractivity contribution is 5.17. The lowest BCUT2D eigenvalue weighted by atomic mass is 9.87. The predicted molar refractivity (Wildman–Crippen MR) is 88.4 cm³/mol. The molecule has 0 bridgehead atoms. The summed E-state index contributed by atoms with van der Waals surface area (Å²) in [5.41, 5.74) is 1.06. The number of nitriles is 1. The predicted octanol–water partition coefficient (Wildman–Crippen LogP) is 1.79. The van der Waals surface area contributed by atoms with E-state index in [0.717, 1.165) is 58.7 Å². The number of piperazine rings is 1. The molecule has 1 aromatic rings. The van der Waals surface area contributed by atoms with Crippen molar-refractivity contribution in [3.8, 4) is 6.07 Å². The zero-order chi connectivity index (χ0) is 15.4. The van der Waals surface area contributed by atoms with E-state index in [1.807, 2.05) is 0 Å². The SMILES string of the molecule is CN1CCN(C2(C#N)CCCN(Cc3ccccc3)C2)CC1. The van der Waals surface area contributed by atoms with Gasteiger partial charge in [0.1, 0.15) is 5.54 Å². The Kier molecular flexibility index (Phi) is 4.77. The summed E-state index contributed by atoms with van der Waals surface area (Å²) in [7, 11) is 2.17. The molecule has 0 saturated carbocycles. The van der Waals surface area contributed by atoms with Crippen LogP contribution in [0.15, 0.2) is 30.3 Å². The topological polar surface area (TPSA) is 33.5 Å². The van der Waals surface area contributed by atoms with Gasteiger partial charge in [0.25, 0.3) is 0 Å². The number of likely N-dealkylation sites (tertiary alicyclic amines) is 1. The standard InChI is InChI=1S/C18H26N4/c1-20-10-12-22(13-11-20)18(15-19)8-5-9-21(16-18)14-17-6-3-2-4-7-17/h2-4,6-7H,5,8-14,16H2,1H3. The molecule has 2 aliphatic heterocycles. The fourth-order valence-electron chi connectivity index (χ4n) is 3.75. The first kappa shape index (κ1) is 15.5. The van der Waals surface area contributed by atoms with Crippen molar-refractivity contribution in [2.24, 2.45) is 0 Å². The zero-order valence-electron chi connectivity index (χ0n) is 13.5. The van der Waals surface area contributed by atoms with Gasteiger partial charge in [-0.1, -0.05) is 30.3 Å². The van der Waals surface area contributed by atoms with Crippen LogP contribution in [0.4, 0.5) is 0 Å². The molecule has 2 aliphatic rings. The molecule has 1 aromatic carbocycles. The van der Waals surface area contributed by atoms with Crippen molar-refractivity contribution < 1.29 is 0 Å². The smallest absolute Gasteiger partial charge is 0.122 e. The molecule has 0 radical (unpaired) electrons. The molecule has 3 rings (SSSR count). The van der Waals surface area contributed by atoms with Crippen molar-refractivity contribution in [3.63, 3.8) is 0 Å². The minimum atomic E-state index is -0.283. The lowest BCUT2D eigenvalue weighted by Crippen LogP contribution is -2.62. The maximum atomic E-state index is 9.91. The monoisotopic (exact) mass is 298 g/mol. The average Bonchev–Trinajstić information content (AvgIpc) is 2.56. The fraction of sp³-hybridized carbons (Fsp3) is 0.611. The number of rotatable bonds is 3. The Morgan fingerprint density at radius 2 is 1.82 bits per heavy atom. The molecule has 0 amide bonds. The van der Waals surface area contributed by atoms with Gasteiger partial charge in [-0.3, -0.25) is 9.80 Å². The van der Waals surface area contributed by atoms with E-state index in [0.29, 0.717) is 0 Å². The lowest BCUT2D eigenvalue weighted by molar-refractivity contribution is 0.0173. The van der Waals surface area contributed by atoms with Crippen LogP contribution in [0.25, 0.3) is 0 Å². The third kappa shape index (κ3) is 3.33. The van der Waals surface area contributed by atoms with E-state index in [1.54, 1.807) is 0 Å². The molecule has 118 valence electrons. The van der Waals surface area contributed by atoms with Gasteiger partial charge in [-0.05, 0) is 32.0 Å². The fourth-order valence-corrected chi connectivity index (χ4v) is 3.75. The molecular formula is C18H26N4. The van der Waals surface area contributed by atoms with Crippen LogP contribution in [-0.4, -0.2) is 66.6 Å². The van der Waals surface area contributed by atoms with E-state index in [-0.39, 0.29) is 5.54 Å². The van der Waals surface area contributed by atoms with Crippen molar-refractivity contribution in [1.82, 2.24) is 14.7 Å². The summed E-state index contributed by atoms with van der Waals surface area (Å²) >= 11 is 0. The van der Waals surface area contributed by atoms with Crippen LogP contribution < -0.4 is 0 Å². The Bertz CT molecular complexity index is 516. The van der Waals surface area contributed by atoms with Gasteiger partial charge in [0, 0.05) is 39.3 Å². The Balaban J connectivity index is 1.68. The Morgan fingerprint density at radius 1 is 1.09 bits per heavy atom. The van der Waals surface area contributed by atoms with E-state index in [1.165, 1.54) is 5.56 Å². The molecule has 2 saturated heterocycles. The lowest BCUT2D eigenvalue weighted by Gasteiger charge is -2.48. The van der Waals surface area contributed by atoms with Crippen LogP contribution in [-0.2, 0) is 6.54 Å². The molecular weight excluding hydrogens is 272 g/mol. The molecule has 0 aromatic heterocycles. The number of piperidine rings is 1. The molecule has 2 fully saturated rings. The van der Waals surface area contributed by atoms with Crippen molar-refractivity contribution in [2.75, 3.05) is 46.3 Å². The molecule has 4 nitrogen and oxygen atoms in total. The first-order valence-corrected chi connectivity index (χ1v) is 8.33. The van der Waals surface area contributed by atoms with Gasteiger partial charge in [0.2, 0.25) is 0 Å². The average molecular weight is 298 g/mol. The number of benzene rings is 1. The van der Waals surface area contributed by atoms with Crippen molar-refractivity contribution in [1.29, 1.82) is 5.26 Å². The highest BCUT2D eigenvalue weighted by Crippen LogP contribution is 2.29. The minimum Gasteiger partial charge on any atom is -0.304 e. The second-order valence-corrected chi connectivity index (χ2v) is 6.73. The number of nitrogens with zero attached hydrogens (tertiary/aromatic N) is 4. The van der Waals surface area contributed by atoms with Gasteiger partial charge in [-0.2, -0.15) is 5.26 Å². The van der Waals surface area contributed by atoms with Crippen LogP contribution in [0, 0.1) is 11.3 Å². The molecule has 4 heteroatoms. The molecule has 2 heterocycles. The largest absolute Gasteiger partial charge is 0.304 e. The summed E-state index contributed by atoms with van der Waals surface area (Å²) in [5, 5.41) is 9.91. The van der Waals surface area contributed by atoms with Gasteiger partial charge in [0.15, 0.2) is 0 Å². The van der Waals surface area contributed by atoms with Gasteiger partial charge in [0.05, 0.1) is 6.07 Å². The summed E-state index contributed by atoms with van der Waals surface area (Å²) in [6.45, 7) is 7.11. The first-order valence-electron chi connectivity index (χ1n) is 8.33. The number of likely N-dealkylation sites (N-methyl/N-ethyl adjacent to an activating group) is 1. The second-order valence-electron chi connectivity index (χ2n) is 6.73. The second kappa shape index (κ2) is 6.78. The third-order valence-electron chi connectivity index (χ3n) is 5.12. The van der Waals surface area contributed by atoms with E-state index >= 15 is 0 Å². The van der Waals surface area contributed by atoms with Gasteiger partial charge in [-0.25, -0.2) is 0 Å². The van der Waals surface area contributed by atoms with Gasteiger partial charge >= 0.3 is 0 Å². The Morgan fingerprint density at radius 3 is 2.50 bits per heavy atom. The van der Waals surface area contributed by atoms with Crippen LogP contribution in [0.5, 0.6) is 0 Å². The summed E-state index contributed by atoms with van der Waals surface area (Å²) in [5.74, 6) is 0. The molecule has 0 aliphatic carbocycles. The van der Waals surface area contributed by atoms with E-state index in [4.69, 9.17) is 0 Å². The molecule has 22 heavy (non-hydrogen) atoms. The van der Waals surface area contributed by atoms with E-state index < -0.39 is 0 Å². The van der Waals surface area contributed by atoms with Crippen LogP contribution in [0.1, 0.15) is 18.4 Å². The Labute approximate surface area is 133 Å². The highest BCUT2D eigenvalue weighted by Gasteiger charge is 2.41. The van der Waals surface area contributed by atoms with E-state index in [9.17, 15) is 5.26 Å². The number of hydrogen-bond donors (Lipinski definition) is 0. The maximum Gasteiger partial charge on any atom is 0.122 e. The zero-order valence-corrected chi connectivity index (χ0v) is 13.5. The van der Waals surface area contributed by atoms with Crippen LogP contribution >= 0.6 is 0 Å². The minimum absolute atomic E-state index is 0.283. The quantitative estimate of drug-likeness (QED) is 0.852. The van der Waals surface area contributed by atoms with Gasteiger partial charge < -0.3 is 4.90 Å².